The number of carbonyl (C=O) groups is 1. The number of allylic oxidation sites excluding steroid dienone is 1. The van der Waals surface area contributed by atoms with Gasteiger partial charge in [-0.05, 0) is 62.2 Å². The van der Waals surface area contributed by atoms with Gasteiger partial charge in [0, 0.05) is 16.5 Å². The van der Waals surface area contributed by atoms with Crippen LogP contribution >= 0.6 is 11.3 Å². The fourth-order valence-corrected chi connectivity index (χ4v) is 6.39. The molecular formula is C33H29N3O4S. The summed E-state index contributed by atoms with van der Waals surface area (Å²) in [7, 11) is 1.59. The Kier molecular flexibility index (Phi) is 6.93. The smallest absolute Gasteiger partial charge is 0.338 e. The lowest BCUT2D eigenvalue weighted by Gasteiger charge is -2.25. The zero-order chi connectivity index (χ0) is 28.7. The topological polar surface area (TPSA) is 85.7 Å². The number of fused-ring (bicyclic) bond motifs is 2. The van der Waals surface area contributed by atoms with E-state index < -0.39 is 12.0 Å². The van der Waals surface area contributed by atoms with Crippen molar-refractivity contribution in [2.24, 2.45) is 4.99 Å². The number of hydrogen-bond donors (Lipinski definition) is 1. The van der Waals surface area contributed by atoms with Gasteiger partial charge in [-0.1, -0.05) is 65.4 Å². The van der Waals surface area contributed by atoms with Crippen LogP contribution in [-0.4, -0.2) is 29.2 Å². The van der Waals surface area contributed by atoms with Gasteiger partial charge in [-0.15, -0.1) is 0 Å². The number of ether oxygens (including phenoxy) is 2. The number of methoxy groups -OCH3 is 1. The number of carbonyl (C=O) groups excluding carboxylic acids is 1. The third-order valence-corrected chi connectivity index (χ3v) is 8.24. The number of rotatable bonds is 6. The van der Waals surface area contributed by atoms with Crippen LogP contribution in [0.1, 0.15) is 36.6 Å². The lowest BCUT2D eigenvalue weighted by Crippen LogP contribution is -2.39. The second-order valence-corrected chi connectivity index (χ2v) is 10.9. The van der Waals surface area contributed by atoms with Gasteiger partial charge in [-0.25, -0.2) is 9.79 Å². The Morgan fingerprint density at radius 3 is 2.63 bits per heavy atom. The van der Waals surface area contributed by atoms with E-state index in [1.807, 2.05) is 60.7 Å². The molecular weight excluding hydrogens is 534 g/mol. The molecule has 6 rings (SSSR count). The number of benzene rings is 3. The van der Waals surface area contributed by atoms with Crippen molar-refractivity contribution in [1.82, 2.24) is 9.55 Å². The van der Waals surface area contributed by atoms with Crippen LogP contribution in [-0.2, 0) is 9.53 Å². The summed E-state index contributed by atoms with van der Waals surface area (Å²) < 4.78 is 13.0. The Morgan fingerprint density at radius 1 is 1.07 bits per heavy atom. The predicted octanol–water partition coefficient (Wildman–Crippen LogP) is 5.26. The maximum absolute atomic E-state index is 14.2. The van der Waals surface area contributed by atoms with Crippen LogP contribution in [0.4, 0.5) is 0 Å². The quantitative estimate of drug-likeness (QED) is 0.286. The molecule has 5 aromatic rings. The highest BCUT2D eigenvalue weighted by Gasteiger charge is 2.33. The summed E-state index contributed by atoms with van der Waals surface area (Å²) in [5.74, 6) is 0.137. The number of aromatic nitrogens is 2. The number of nitrogens with one attached hydrogen (secondary N) is 1. The first-order chi connectivity index (χ1) is 19.9. The second kappa shape index (κ2) is 10.7. The van der Waals surface area contributed by atoms with Crippen LogP contribution in [0, 0.1) is 6.92 Å². The molecule has 7 nitrogen and oxygen atoms in total. The van der Waals surface area contributed by atoms with E-state index >= 15 is 0 Å². The second-order valence-electron chi connectivity index (χ2n) is 9.91. The zero-order valence-corrected chi connectivity index (χ0v) is 24.0. The highest BCUT2D eigenvalue weighted by molar-refractivity contribution is 7.07. The van der Waals surface area contributed by atoms with E-state index in [0.717, 1.165) is 38.9 Å². The van der Waals surface area contributed by atoms with Crippen molar-refractivity contribution < 1.29 is 14.3 Å². The van der Waals surface area contributed by atoms with Crippen LogP contribution in [0.25, 0.3) is 28.2 Å². The number of thiazole rings is 1. The van der Waals surface area contributed by atoms with Crippen molar-refractivity contribution in [2.45, 2.75) is 26.8 Å². The minimum absolute atomic E-state index is 0.215. The van der Waals surface area contributed by atoms with Crippen LogP contribution in [0.2, 0.25) is 0 Å². The van der Waals surface area contributed by atoms with Crippen molar-refractivity contribution in [3.8, 4) is 17.0 Å². The maximum Gasteiger partial charge on any atom is 0.338 e. The molecule has 0 radical (unpaired) electrons. The van der Waals surface area contributed by atoms with Crippen molar-refractivity contribution >= 4 is 34.3 Å². The summed E-state index contributed by atoms with van der Waals surface area (Å²) in [6, 6.07) is 23.0. The van der Waals surface area contributed by atoms with Gasteiger partial charge in [0.2, 0.25) is 0 Å². The number of aryl methyl sites for hydroxylation is 1. The van der Waals surface area contributed by atoms with Crippen LogP contribution in [0.15, 0.2) is 93.9 Å². The molecule has 0 amide bonds. The fraction of sp³-hybridized carbons (Fsp3) is 0.182. The molecule has 0 saturated heterocycles. The first kappa shape index (κ1) is 26.5. The van der Waals surface area contributed by atoms with Gasteiger partial charge in [0.05, 0.1) is 41.3 Å². The molecule has 1 N–H and O–H groups in total. The number of H-pyrrole nitrogens is 1. The molecule has 1 aliphatic rings. The van der Waals surface area contributed by atoms with E-state index in [9.17, 15) is 9.59 Å². The number of aromatic amines is 1. The standard InChI is InChI=1S/C33H29N3O4S/c1-5-40-32(38)28-20(3)34-33-36(30(28)22-12-9-13-23(17-22)39-4)31(37)27(41-33)18-25-24-16-19(2)14-15-26(24)35-29(25)21-10-7-6-8-11-21/h6-18,30,35H,5H2,1-4H3/b27-18+/t30-/m0/s1. The Hall–Kier alpha value is -4.69. The highest BCUT2D eigenvalue weighted by atomic mass is 32.1. The average molecular weight is 564 g/mol. The van der Waals surface area contributed by atoms with E-state index in [2.05, 4.69) is 30.1 Å². The van der Waals surface area contributed by atoms with Crippen molar-refractivity contribution in [1.29, 1.82) is 0 Å². The Balaban J connectivity index is 1.62. The molecule has 1 atom stereocenters. The molecule has 3 heterocycles. The Labute approximate surface area is 240 Å². The summed E-state index contributed by atoms with van der Waals surface area (Å²) in [4.78, 5) is 36.2. The molecule has 0 unspecified atom stereocenters. The average Bonchev–Trinajstić information content (AvgIpc) is 3.49. The summed E-state index contributed by atoms with van der Waals surface area (Å²) >= 11 is 1.31. The van der Waals surface area contributed by atoms with E-state index in [0.29, 0.717) is 26.4 Å². The first-order valence-electron chi connectivity index (χ1n) is 13.4. The molecule has 0 spiro atoms. The molecule has 0 saturated carbocycles. The molecule has 0 bridgehead atoms. The van der Waals surface area contributed by atoms with Crippen LogP contribution < -0.4 is 19.6 Å². The van der Waals surface area contributed by atoms with Crippen molar-refractivity contribution in [2.75, 3.05) is 13.7 Å². The Morgan fingerprint density at radius 2 is 1.88 bits per heavy atom. The zero-order valence-electron chi connectivity index (χ0n) is 23.2. The molecule has 41 heavy (non-hydrogen) atoms. The van der Waals surface area contributed by atoms with Gasteiger partial charge in [0.25, 0.3) is 5.56 Å². The summed E-state index contributed by atoms with van der Waals surface area (Å²) in [6.07, 6.45) is 1.94. The monoisotopic (exact) mass is 563 g/mol. The summed E-state index contributed by atoms with van der Waals surface area (Å²) in [6.45, 7) is 5.82. The van der Waals surface area contributed by atoms with Crippen molar-refractivity contribution in [3.05, 3.63) is 120 Å². The minimum atomic E-state index is -0.707. The maximum atomic E-state index is 14.2. The number of hydrogen-bond acceptors (Lipinski definition) is 6. The number of esters is 1. The first-order valence-corrected chi connectivity index (χ1v) is 14.2. The SMILES string of the molecule is CCOC(=O)C1=C(C)N=c2s/c(=C/c3c(-c4ccccc4)[nH]c4ccc(C)cc34)c(=O)n2[C@H]1c1cccc(OC)c1. The number of nitrogens with zero attached hydrogens (tertiary/aromatic N) is 2. The Bertz CT molecular complexity index is 2010. The molecule has 3 aromatic carbocycles. The molecule has 8 heteroatoms. The largest absolute Gasteiger partial charge is 0.497 e. The summed E-state index contributed by atoms with van der Waals surface area (Å²) in [5.41, 5.74) is 6.38. The molecule has 0 fully saturated rings. The minimum Gasteiger partial charge on any atom is -0.497 e. The van der Waals surface area contributed by atoms with E-state index in [1.54, 1.807) is 25.5 Å². The van der Waals surface area contributed by atoms with E-state index in [4.69, 9.17) is 14.5 Å². The normalized spacial score (nSPS) is 15.1. The van der Waals surface area contributed by atoms with Crippen LogP contribution in [0.3, 0.4) is 0 Å². The van der Waals surface area contributed by atoms with Gasteiger partial charge < -0.3 is 14.5 Å². The predicted molar refractivity (Wildman–Crippen MR) is 162 cm³/mol. The highest BCUT2D eigenvalue weighted by Crippen LogP contribution is 2.33. The van der Waals surface area contributed by atoms with Gasteiger partial charge >= 0.3 is 5.97 Å². The third kappa shape index (κ3) is 4.70. The van der Waals surface area contributed by atoms with E-state index in [-0.39, 0.29) is 12.2 Å². The van der Waals surface area contributed by atoms with Gasteiger partial charge in [-0.3, -0.25) is 9.36 Å². The van der Waals surface area contributed by atoms with Gasteiger partial charge in [0.15, 0.2) is 4.80 Å². The van der Waals surface area contributed by atoms with Gasteiger partial charge in [0.1, 0.15) is 5.75 Å². The van der Waals surface area contributed by atoms with Crippen molar-refractivity contribution in [3.63, 3.8) is 0 Å². The molecule has 1 aliphatic heterocycles. The fourth-order valence-electron chi connectivity index (χ4n) is 5.36. The van der Waals surface area contributed by atoms with Crippen LogP contribution in [0.5, 0.6) is 5.75 Å². The molecule has 206 valence electrons. The van der Waals surface area contributed by atoms with Gasteiger partial charge in [-0.2, -0.15) is 0 Å². The molecule has 0 aliphatic carbocycles. The lowest BCUT2D eigenvalue weighted by atomic mass is 9.95. The third-order valence-electron chi connectivity index (χ3n) is 7.26. The van der Waals surface area contributed by atoms with E-state index in [1.165, 1.54) is 11.3 Å². The lowest BCUT2D eigenvalue weighted by molar-refractivity contribution is -0.139. The summed E-state index contributed by atoms with van der Waals surface area (Å²) in [5, 5.41) is 1.03. The molecule has 2 aromatic heterocycles.